The van der Waals surface area contributed by atoms with Gasteiger partial charge in [0.2, 0.25) is 0 Å². The van der Waals surface area contributed by atoms with E-state index in [0.29, 0.717) is 28.9 Å². The van der Waals surface area contributed by atoms with Crippen molar-refractivity contribution in [3.05, 3.63) is 29.5 Å². The van der Waals surface area contributed by atoms with Gasteiger partial charge in [0.15, 0.2) is 23.2 Å². The fourth-order valence-electron chi connectivity index (χ4n) is 3.58. The second kappa shape index (κ2) is 9.73. The van der Waals surface area contributed by atoms with Crippen LogP contribution in [0.5, 0.6) is 11.5 Å². The van der Waals surface area contributed by atoms with E-state index in [-0.39, 0.29) is 18.6 Å². The van der Waals surface area contributed by atoms with Crippen LogP contribution in [-0.4, -0.2) is 48.3 Å². The molecule has 1 aliphatic heterocycles. The second-order valence-corrected chi connectivity index (χ2v) is 7.35. The van der Waals surface area contributed by atoms with Crippen molar-refractivity contribution in [1.82, 2.24) is 10.2 Å². The van der Waals surface area contributed by atoms with E-state index < -0.39 is 5.97 Å². The van der Waals surface area contributed by atoms with Gasteiger partial charge in [-0.05, 0) is 55.8 Å². The van der Waals surface area contributed by atoms with Crippen molar-refractivity contribution in [2.75, 3.05) is 20.3 Å². The van der Waals surface area contributed by atoms with Gasteiger partial charge < -0.3 is 19.5 Å². The molecule has 0 radical (unpaired) electrons. The summed E-state index contributed by atoms with van der Waals surface area (Å²) in [6.07, 6.45) is 7.20. The predicted molar refractivity (Wildman–Crippen MR) is 113 cm³/mol. The molecule has 156 valence electrons. The zero-order chi connectivity index (χ0) is 20.8. The molecule has 0 aromatic heterocycles. The highest BCUT2D eigenvalue weighted by molar-refractivity contribution is 7.80. The zero-order valence-corrected chi connectivity index (χ0v) is 17.5. The number of thiocarbonyl (C=S) groups is 1. The van der Waals surface area contributed by atoms with Gasteiger partial charge in [-0.2, -0.15) is 0 Å². The lowest BCUT2D eigenvalue weighted by Crippen LogP contribution is -2.41. The maximum absolute atomic E-state index is 12.9. The lowest BCUT2D eigenvalue weighted by molar-refractivity contribution is -0.142. The summed E-state index contributed by atoms with van der Waals surface area (Å²) in [5.74, 6) is 0.356. The van der Waals surface area contributed by atoms with Crippen LogP contribution in [0.2, 0.25) is 0 Å². The molecule has 1 saturated heterocycles. The van der Waals surface area contributed by atoms with E-state index in [1.807, 2.05) is 6.92 Å². The first kappa shape index (κ1) is 21.1. The lowest BCUT2D eigenvalue weighted by Gasteiger charge is -2.29. The number of hydrogen-bond acceptors (Lipinski definition) is 6. The summed E-state index contributed by atoms with van der Waals surface area (Å²) < 4.78 is 15.7. The molecule has 1 amide bonds. The number of hydrogen-bond donors (Lipinski definition) is 1. The fourth-order valence-corrected chi connectivity index (χ4v) is 3.93. The van der Waals surface area contributed by atoms with Crippen LogP contribution in [0.15, 0.2) is 23.9 Å². The molecule has 8 heteroatoms. The first-order valence-electron chi connectivity index (χ1n) is 9.86. The van der Waals surface area contributed by atoms with Crippen LogP contribution in [0.25, 0.3) is 6.08 Å². The number of methoxy groups -OCH3 is 1. The smallest absolute Gasteiger partial charge is 0.343 e. The highest BCUT2D eigenvalue weighted by atomic mass is 32.1. The molecule has 7 nitrogen and oxygen atoms in total. The van der Waals surface area contributed by atoms with Gasteiger partial charge in [0, 0.05) is 6.04 Å². The Kier molecular flexibility index (Phi) is 7.09. The van der Waals surface area contributed by atoms with Crippen LogP contribution in [0, 0.1) is 0 Å². The number of amides is 1. The van der Waals surface area contributed by atoms with Crippen molar-refractivity contribution in [1.29, 1.82) is 0 Å². The molecular formula is C21H26N2O5S. The molecule has 29 heavy (non-hydrogen) atoms. The number of esters is 1. The predicted octanol–water partition coefficient (Wildman–Crippen LogP) is 3.03. The molecule has 3 rings (SSSR count). The number of benzene rings is 1. The molecule has 1 aliphatic carbocycles. The molecule has 1 aromatic carbocycles. The van der Waals surface area contributed by atoms with E-state index in [9.17, 15) is 9.59 Å². The molecule has 2 aliphatic rings. The quantitative estimate of drug-likeness (QED) is 0.414. The molecule has 2 fully saturated rings. The average molecular weight is 419 g/mol. The molecular weight excluding hydrogens is 392 g/mol. The molecule has 1 saturated carbocycles. The summed E-state index contributed by atoms with van der Waals surface area (Å²) in [5, 5.41) is 3.52. The van der Waals surface area contributed by atoms with Gasteiger partial charge in [0.1, 0.15) is 5.70 Å². The number of carbonyl (C=O) groups excluding carboxylic acids is 2. The molecule has 1 aromatic rings. The van der Waals surface area contributed by atoms with Crippen LogP contribution in [0.3, 0.4) is 0 Å². The first-order valence-corrected chi connectivity index (χ1v) is 10.3. The molecule has 1 heterocycles. The van der Waals surface area contributed by atoms with Gasteiger partial charge in [0.25, 0.3) is 5.91 Å². The van der Waals surface area contributed by atoms with Gasteiger partial charge in [-0.1, -0.05) is 25.3 Å². The maximum atomic E-state index is 12.9. The molecule has 0 atom stereocenters. The van der Waals surface area contributed by atoms with Crippen LogP contribution in [0.4, 0.5) is 0 Å². The van der Waals surface area contributed by atoms with Crippen molar-refractivity contribution in [2.45, 2.75) is 45.1 Å². The number of rotatable bonds is 7. The number of carbonyl (C=O) groups is 2. The third-order valence-corrected chi connectivity index (χ3v) is 5.30. The summed E-state index contributed by atoms with van der Waals surface area (Å²) in [5.41, 5.74) is 1.22. The highest BCUT2D eigenvalue weighted by Crippen LogP contribution is 2.31. The third-order valence-electron chi connectivity index (χ3n) is 5.00. The van der Waals surface area contributed by atoms with Crippen LogP contribution in [-0.2, 0) is 14.3 Å². The number of ether oxygens (including phenoxy) is 3. The van der Waals surface area contributed by atoms with E-state index in [1.165, 1.54) is 13.5 Å². The fraction of sp³-hybridized carbons (Fsp3) is 0.476. The van der Waals surface area contributed by atoms with Crippen molar-refractivity contribution < 1.29 is 23.8 Å². The van der Waals surface area contributed by atoms with Gasteiger partial charge in [-0.15, -0.1) is 0 Å². The maximum Gasteiger partial charge on any atom is 0.343 e. The van der Waals surface area contributed by atoms with Gasteiger partial charge in [-0.25, -0.2) is 4.79 Å². The Morgan fingerprint density at radius 3 is 2.69 bits per heavy atom. The van der Waals surface area contributed by atoms with Crippen LogP contribution in [0.1, 0.15) is 44.6 Å². The number of nitrogens with one attached hydrogen (secondary N) is 1. The molecule has 1 N–H and O–H groups in total. The van der Waals surface area contributed by atoms with E-state index in [0.717, 1.165) is 31.2 Å². The average Bonchev–Trinajstić information content (AvgIpc) is 3.01. The summed E-state index contributed by atoms with van der Waals surface area (Å²) in [7, 11) is 1.30. The summed E-state index contributed by atoms with van der Waals surface area (Å²) in [6, 6.07) is 5.44. The Balaban J connectivity index is 1.78. The van der Waals surface area contributed by atoms with E-state index in [1.54, 1.807) is 29.2 Å². The molecule has 0 unspecified atom stereocenters. The third kappa shape index (κ3) is 5.06. The van der Waals surface area contributed by atoms with E-state index in [2.05, 4.69) is 10.1 Å². The molecule has 0 spiro atoms. The first-order chi connectivity index (χ1) is 14.0. The van der Waals surface area contributed by atoms with Crippen LogP contribution < -0.4 is 14.8 Å². The summed E-state index contributed by atoms with van der Waals surface area (Å²) >= 11 is 5.41. The SMILES string of the molecule is CCOc1cc(/C=C2\NC(=S)N(C3CCCCC3)C2=O)ccc1OCC(=O)OC. The minimum atomic E-state index is -0.476. The van der Waals surface area contributed by atoms with Crippen molar-refractivity contribution in [3.8, 4) is 11.5 Å². The van der Waals surface area contributed by atoms with E-state index in [4.69, 9.17) is 21.7 Å². The Morgan fingerprint density at radius 1 is 1.24 bits per heavy atom. The summed E-state index contributed by atoms with van der Waals surface area (Å²) in [6.45, 7) is 2.09. The normalized spacial score (nSPS) is 18.7. The zero-order valence-electron chi connectivity index (χ0n) is 16.7. The van der Waals surface area contributed by atoms with Gasteiger partial charge in [0.05, 0.1) is 13.7 Å². The highest BCUT2D eigenvalue weighted by Gasteiger charge is 2.36. The van der Waals surface area contributed by atoms with Crippen molar-refractivity contribution >= 4 is 35.3 Å². The molecule has 0 bridgehead atoms. The lowest BCUT2D eigenvalue weighted by atomic mass is 9.94. The van der Waals surface area contributed by atoms with Crippen molar-refractivity contribution in [2.24, 2.45) is 0 Å². The Labute approximate surface area is 176 Å². The minimum absolute atomic E-state index is 0.0918. The Hall–Kier alpha value is -2.61. The van der Waals surface area contributed by atoms with Gasteiger partial charge >= 0.3 is 5.97 Å². The number of nitrogens with zero attached hydrogens (tertiary/aromatic N) is 1. The monoisotopic (exact) mass is 418 g/mol. The van der Waals surface area contributed by atoms with Crippen molar-refractivity contribution in [3.63, 3.8) is 0 Å². The Bertz CT molecular complexity index is 817. The van der Waals surface area contributed by atoms with Crippen LogP contribution >= 0.6 is 12.2 Å². The minimum Gasteiger partial charge on any atom is -0.490 e. The second-order valence-electron chi connectivity index (χ2n) is 6.96. The topological polar surface area (TPSA) is 77.1 Å². The summed E-state index contributed by atoms with van der Waals surface area (Å²) in [4.78, 5) is 25.9. The largest absolute Gasteiger partial charge is 0.490 e. The van der Waals surface area contributed by atoms with E-state index >= 15 is 0 Å². The standard InChI is InChI=1S/C21H26N2O5S/c1-3-27-18-12-14(9-10-17(18)28-13-19(24)26-2)11-16-20(25)23(21(29)22-16)15-7-5-4-6-8-15/h9-12,15H,3-8,13H2,1-2H3,(H,22,29)/b16-11-. The van der Waals surface area contributed by atoms with Gasteiger partial charge in [-0.3, -0.25) is 9.69 Å². The Morgan fingerprint density at radius 2 is 2.00 bits per heavy atom.